The van der Waals surface area contributed by atoms with Crippen LogP contribution in [-0.4, -0.2) is 32.1 Å². The third-order valence-electron chi connectivity index (χ3n) is 3.16. The Bertz CT molecular complexity index is 469. The highest BCUT2D eigenvalue weighted by atomic mass is 19.4. The van der Waals surface area contributed by atoms with Gasteiger partial charge in [0.25, 0.3) is 0 Å². The van der Waals surface area contributed by atoms with Gasteiger partial charge in [0.1, 0.15) is 11.9 Å². The molecule has 1 saturated heterocycles. The molecule has 19 heavy (non-hydrogen) atoms. The van der Waals surface area contributed by atoms with Gasteiger partial charge in [0, 0.05) is 6.42 Å². The van der Waals surface area contributed by atoms with E-state index in [1.165, 1.54) is 12.1 Å². The van der Waals surface area contributed by atoms with E-state index in [1.807, 2.05) is 0 Å². The highest BCUT2D eigenvalue weighted by Crippen LogP contribution is 2.38. The Hall–Kier alpha value is -1.27. The maximum Gasteiger partial charge on any atom is 0.418 e. The molecule has 2 atom stereocenters. The van der Waals surface area contributed by atoms with Crippen LogP contribution < -0.4 is 4.74 Å². The van der Waals surface area contributed by atoms with E-state index in [0.717, 1.165) is 5.56 Å². The van der Waals surface area contributed by atoms with E-state index < -0.39 is 12.3 Å². The van der Waals surface area contributed by atoms with Gasteiger partial charge in [-0.15, -0.1) is 0 Å². The second-order valence-corrected chi connectivity index (χ2v) is 4.68. The number of alkyl halides is 3. The molecule has 0 spiro atoms. The van der Waals surface area contributed by atoms with Crippen LogP contribution in [0.25, 0.3) is 0 Å². The van der Waals surface area contributed by atoms with Gasteiger partial charge in [0.05, 0.1) is 19.8 Å². The molecule has 104 valence electrons. The maximum atomic E-state index is 13.0. The van der Waals surface area contributed by atoms with Gasteiger partial charge >= 0.3 is 6.18 Å². The van der Waals surface area contributed by atoms with E-state index in [-0.39, 0.29) is 18.3 Å². The molecule has 0 unspecified atom stereocenters. The molecule has 0 amide bonds. The van der Waals surface area contributed by atoms with Crippen molar-refractivity contribution in [1.29, 1.82) is 0 Å². The van der Waals surface area contributed by atoms with Crippen LogP contribution in [0, 0.1) is 0 Å². The van der Waals surface area contributed by atoms with Crippen molar-refractivity contribution >= 4 is 0 Å². The van der Waals surface area contributed by atoms with Gasteiger partial charge in [-0.3, -0.25) is 0 Å². The molecule has 1 aromatic carbocycles. The summed E-state index contributed by atoms with van der Waals surface area (Å²) in [4.78, 5) is 0. The number of hydrogen-bond acceptors (Lipinski definition) is 3. The quantitative estimate of drug-likeness (QED) is 0.791. The maximum absolute atomic E-state index is 13.0. The van der Waals surface area contributed by atoms with Gasteiger partial charge in [0.15, 0.2) is 6.10 Å². The monoisotopic (exact) mass is 274 g/mol. The fourth-order valence-corrected chi connectivity index (χ4v) is 2.12. The number of epoxide rings is 1. The number of halogens is 3. The zero-order valence-corrected chi connectivity index (χ0v) is 10.1. The molecule has 3 rings (SSSR count). The summed E-state index contributed by atoms with van der Waals surface area (Å²) < 4.78 is 54.2. The first-order chi connectivity index (χ1) is 9.04. The van der Waals surface area contributed by atoms with Crippen LogP contribution in [0.2, 0.25) is 0 Å². The van der Waals surface area contributed by atoms with Crippen LogP contribution in [0.15, 0.2) is 18.2 Å². The molecule has 2 aliphatic heterocycles. The lowest BCUT2D eigenvalue weighted by molar-refractivity contribution is -0.224. The van der Waals surface area contributed by atoms with E-state index in [0.29, 0.717) is 25.4 Å². The molecule has 3 nitrogen and oxygen atoms in total. The van der Waals surface area contributed by atoms with Gasteiger partial charge in [-0.1, -0.05) is 6.07 Å². The Morgan fingerprint density at radius 2 is 2.16 bits per heavy atom. The Morgan fingerprint density at radius 1 is 1.37 bits per heavy atom. The Morgan fingerprint density at radius 3 is 2.84 bits per heavy atom. The summed E-state index contributed by atoms with van der Waals surface area (Å²) >= 11 is 0. The first-order valence-electron chi connectivity index (χ1n) is 6.09. The van der Waals surface area contributed by atoms with Crippen LogP contribution in [0.5, 0.6) is 5.75 Å². The van der Waals surface area contributed by atoms with E-state index >= 15 is 0 Å². The van der Waals surface area contributed by atoms with E-state index in [9.17, 15) is 13.2 Å². The highest BCUT2D eigenvalue weighted by molar-refractivity contribution is 5.40. The van der Waals surface area contributed by atoms with E-state index in [1.54, 1.807) is 6.07 Å². The molecule has 0 aliphatic carbocycles. The molecular formula is C13H13F3O3. The molecule has 0 bridgehead atoms. The Labute approximate surface area is 108 Å². The molecule has 0 aromatic heterocycles. The minimum absolute atomic E-state index is 0.0300. The van der Waals surface area contributed by atoms with Crippen LogP contribution in [0.3, 0.4) is 0 Å². The largest absolute Gasteiger partial charge is 0.493 e. The number of rotatable bonds is 4. The lowest BCUT2D eigenvalue weighted by atomic mass is 10.0. The minimum atomic E-state index is -4.43. The minimum Gasteiger partial charge on any atom is -0.493 e. The number of fused-ring (bicyclic) bond motifs is 1. The van der Waals surface area contributed by atoms with Crippen molar-refractivity contribution in [3.63, 3.8) is 0 Å². The summed E-state index contributed by atoms with van der Waals surface area (Å²) in [7, 11) is 0. The Balaban J connectivity index is 1.81. The van der Waals surface area contributed by atoms with Crippen molar-refractivity contribution in [3.05, 3.63) is 29.3 Å². The van der Waals surface area contributed by atoms with Crippen LogP contribution in [-0.2, 0) is 15.9 Å². The van der Waals surface area contributed by atoms with Gasteiger partial charge in [0.2, 0.25) is 0 Å². The van der Waals surface area contributed by atoms with Crippen LogP contribution >= 0.6 is 0 Å². The van der Waals surface area contributed by atoms with Crippen molar-refractivity contribution < 1.29 is 27.4 Å². The fourth-order valence-electron chi connectivity index (χ4n) is 2.12. The summed E-state index contributed by atoms with van der Waals surface area (Å²) in [6.45, 7) is 0.965. The first-order valence-corrected chi connectivity index (χ1v) is 6.09. The zero-order chi connectivity index (χ0) is 13.5. The fraction of sp³-hybridized carbons (Fsp3) is 0.538. The zero-order valence-electron chi connectivity index (χ0n) is 10.1. The topological polar surface area (TPSA) is 31.0 Å². The smallest absolute Gasteiger partial charge is 0.418 e. The number of ether oxygens (including phenoxy) is 3. The summed E-state index contributed by atoms with van der Waals surface area (Å²) in [6, 6.07) is 4.51. The molecular weight excluding hydrogens is 261 g/mol. The van der Waals surface area contributed by atoms with Crippen molar-refractivity contribution in [1.82, 2.24) is 0 Å². The van der Waals surface area contributed by atoms with E-state index in [2.05, 4.69) is 0 Å². The molecule has 1 aromatic rings. The molecule has 1 fully saturated rings. The molecule has 0 saturated carbocycles. The summed E-state index contributed by atoms with van der Waals surface area (Å²) in [5.41, 5.74) is 0.926. The lowest BCUT2D eigenvalue weighted by Crippen LogP contribution is -2.25. The normalized spacial score (nSPS) is 22.8. The third kappa shape index (κ3) is 2.84. The number of benzene rings is 1. The van der Waals surface area contributed by atoms with Crippen molar-refractivity contribution in [2.45, 2.75) is 24.8 Å². The standard InChI is InChI=1S/C13H13F3O3/c14-13(15,16)12(19-7-10-6-18-10)9-1-2-11-8(5-9)3-4-17-11/h1-2,5,10,12H,3-4,6-7H2/t10-,12-/m1/s1. The predicted molar refractivity (Wildman–Crippen MR) is 60.1 cm³/mol. The Kier molecular flexibility index (Phi) is 3.14. The van der Waals surface area contributed by atoms with Gasteiger partial charge in [-0.25, -0.2) is 0 Å². The van der Waals surface area contributed by atoms with Crippen molar-refractivity contribution in [3.8, 4) is 5.75 Å². The molecule has 0 N–H and O–H groups in total. The average Bonchev–Trinajstić information content (AvgIpc) is 3.04. The van der Waals surface area contributed by atoms with Gasteiger partial charge in [-0.05, 0) is 23.3 Å². The van der Waals surface area contributed by atoms with Crippen molar-refractivity contribution in [2.24, 2.45) is 0 Å². The second kappa shape index (κ2) is 4.68. The summed E-state index contributed by atoms with van der Waals surface area (Å²) in [5.74, 6) is 0.662. The first kappa shape index (κ1) is 12.7. The lowest BCUT2D eigenvalue weighted by Gasteiger charge is -2.21. The summed E-state index contributed by atoms with van der Waals surface area (Å²) in [5, 5.41) is 0. The highest BCUT2D eigenvalue weighted by Gasteiger charge is 2.43. The predicted octanol–water partition coefficient (Wildman–Crippen LogP) is 2.64. The molecule has 6 heteroatoms. The molecule has 2 aliphatic rings. The SMILES string of the molecule is FC(F)(F)[C@H](OC[C@H]1CO1)c1ccc2c(c1)CCO2. The van der Waals surface area contributed by atoms with Crippen LogP contribution in [0.4, 0.5) is 13.2 Å². The molecule has 2 heterocycles. The van der Waals surface area contributed by atoms with Gasteiger partial charge < -0.3 is 14.2 Å². The third-order valence-corrected chi connectivity index (χ3v) is 3.16. The van der Waals surface area contributed by atoms with Crippen molar-refractivity contribution in [2.75, 3.05) is 19.8 Å². The van der Waals surface area contributed by atoms with Gasteiger partial charge in [-0.2, -0.15) is 13.2 Å². The summed E-state index contributed by atoms with van der Waals surface area (Å²) in [6.07, 6.45) is -5.88. The molecule has 0 radical (unpaired) electrons. The van der Waals surface area contributed by atoms with E-state index in [4.69, 9.17) is 14.2 Å². The average molecular weight is 274 g/mol. The number of hydrogen-bond donors (Lipinski definition) is 0. The van der Waals surface area contributed by atoms with Crippen LogP contribution in [0.1, 0.15) is 17.2 Å². The second-order valence-electron chi connectivity index (χ2n) is 4.68.